The Hall–Kier alpha value is -1.17. The fourth-order valence-corrected chi connectivity index (χ4v) is 2.37. The number of hydrogen-bond donors (Lipinski definition) is 0. The van der Waals surface area contributed by atoms with Gasteiger partial charge in [-0.3, -0.25) is 4.90 Å². The van der Waals surface area contributed by atoms with Crippen molar-refractivity contribution in [2.24, 2.45) is 0 Å². The third kappa shape index (κ3) is 4.16. The summed E-state index contributed by atoms with van der Waals surface area (Å²) in [7, 11) is 3.23. The van der Waals surface area contributed by atoms with Gasteiger partial charge in [-0.05, 0) is 12.5 Å². The van der Waals surface area contributed by atoms with Crippen LogP contribution in [0.2, 0.25) is 0 Å². The van der Waals surface area contributed by atoms with E-state index in [9.17, 15) is 4.39 Å². The summed E-state index contributed by atoms with van der Waals surface area (Å²) in [4.78, 5) is 2.22. The van der Waals surface area contributed by atoms with Crippen LogP contribution in [0.5, 0.6) is 5.75 Å². The minimum Gasteiger partial charge on any atom is -0.497 e. The van der Waals surface area contributed by atoms with Crippen molar-refractivity contribution in [2.45, 2.75) is 19.1 Å². The van der Waals surface area contributed by atoms with Crippen molar-refractivity contribution in [2.75, 3.05) is 40.5 Å². The molecule has 112 valence electrons. The summed E-state index contributed by atoms with van der Waals surface area (Å²) in [6.07, 6.45) is 1.04. The van der Waals surface area contributed by atoms with Crippen LogP contribution in [0.4, 0.5) is 4.39 Å². The lowest BCUT2D eigenvalue weighted by Crippen LogP contribution is -2.42. The molecular weight excluding hydrogens is 261 g/mol. The van der Waals surface area contributed by atoms with Crippen LogP contribution in [0.25, 0.3) is 0 Å². The van der Waals surface area contributed by atoms with Crippen molar-refractivity contribution in [1.29, 1.82) is 0 Å². The average molecular weight is 283 g/mol. The molecule has 2 rings (SSSR count). The molecule has 0 spiro atoms. The van der Waals surface area contributed by atoms with Gasteiger partial charge >= 0.3 is 0 Å². The summed E-state index contributed by atoms with van der Waals surface area (Å²) in [6.45, 7) is 3.62. The highest BCUT2D eigenvalue weighted by molar-refractivity contribution is 5.28. The van der Waals surface area contributed by atoms with E-state index < -0.39 is 0 Å². The lowest BCUT2D eigenvalue weighted by molar-refractivity contribution is -0.0435. The molecule has 4 nitrogen and oxygen atoms in total. The Morgan fingerprint density at radius 2 is 2.25 bits per heavy atom. The predicted octanol–water partition coefficient (Wildman–Crippen LogP) is 2.07. The van der Waals surface area contributed by atoms with Gasteiger partial charge in [-0.1, -0.05) is 6.07 Å². The molecule has 1 aromatic carbocycles. The molecule has 0 bridgehead atoms. The molecule has 1 heterocycles. The van der Waals surface area contributed by atoms with Gasteiger partial charge in [0.25, 0.3) is 0 Å². The van der Waals surface area contributed by atoms with E-state index in [1.807, 2.05) is 0 Å². The molecule has 0 radical (unpaired) electrons. The SMILES string of the molecule is COCC[C@@H]1CN(Cc2ccc(OC)cc2F)CCO1. The maximum Gasteiger partial charge on any atom is 0.131 e. The molecule has 0 aromatic heterocycles. The first-order valence-corrected chi connectivity index (χ1v) is 6.88. The van der Waals surface area contributed by atoms with Gasteiger partial charge in [0.15, 0.2) is 0 Å². The van der Waals surface area contributed by atoms with Crippen molar-refractivity contribution < 1.29 is 18.6 Å². The number of morpholine rings is 1. The van der Waals surface area contributed by atoms with Crippen LogP contribution >= 0.6 is 0 Å². The monoisotopic (exact) mass is 283 g/mol. The number of methoxy groups -OCH3 is 2. The molecule has 1 aliphatic heterocycles. The van der Waals surface area contributed by atoms with E-state index in [4.69, 9.17) is 14.2 Å². The third-order valence-electron chi connectivity index (χ3n) is 3.52. The highest BCUT2D eigenvalue weighted by atomic mass is 19.1. The van der Waals surface area contributed by atoms with Gasteiger partial charge in [-0.15, -0.1) is 0 Å². The number of halogens is 1. The Balaban J connectivity index is 1.92. The summed E-state index contributed by atoms with van der Waals surface area (Å²) in [6, 6.07) is 5.01. The van der Waals surface area contributed by atoms with E-state index in [2.05, 4.69) is 4.90 Å². The van der Waals surface area contributed by atoms with Gasteiger partial charge in [0.2, 0.25) is 0 Å². The minimum atomic E-state index is -0.218. The fraction of sp³-hybridized carbons (Fsp3) is 0.600. The molecule has 1 atom stereocenters. The van der Waals surface area contributed by atoms with Crippen LogP contribution in [-0.2, 0) is 16.0 Å². The van der Waals surface area contributed by atoms with Crippen LogP contribution in [0.15, 0.2) is 18.2 Å². The van der Waals surface area contributed by atoms with Crippen LogP contribution in [0, 0.1) is 5.82 Å². The molecule has 0 saturated carbocycles. The molecule has 0 unspecified atom stereocenters. The molecule has 5 heteroatoms. The van der Waals surface area contributed by atoms with E-state index in [1.165, 1.54) is 13.2 Å². The molecule has 1 saturated heterocycles. The number of rotatable bonds is 6. The molecule has 1 fully saturated rings. The Labute approximate surface area is 119 Å². The zero-order valence-electron chi connectivity index (χ0n) is 12.1. The van der Waals surface area contributed by atoms with Gasteiger partial charge in [-0.2, -0.15) is 0 Å². The smallest absolute Gasteiger partial charge is 0.131 e. The van der Waals surface area contributed by atoms with Gasteiger partial charge < -0.3 is 14.2 Å². The van der Waals surface area contributed by atoms with Gasteiger partial charge in [0, 0.05) is 45.0 Å². The van der Waals surface area contributed by atoms with Crippen molar-refractivity contribution in [3.8, 4) is 5.75 Å². The minimum absolute atomic E-state index is 0.171. The zero-order chi connectivity index (χ0) is 14.4. The van der Waals surface area contributed by atoms with Gasteiger partial charge in [0.1, 0.15) is 11.6 Å². The zero-order valence-corrected chi connectivity index (χ0v) is 12.1. The van der Waals surface area contributed by atoms with Gasteiger partial charge in [0.05, 0.1) is 19.8 Å². The molecule has 0 N–H and O–H groups in total. The number of hydrogen-bond acceptors (Lipinski definition) is 4. The molecule has 20 heavy (non-hydrogen) atoms. The van der Waals surface area contributed by atoms with Gasteiger partial charge in [-0.25, -0.2) is 4.39 Å². The molecule has 0 amide bonds. The summed E-state index contributed by atoms with van der Waals surface area (Å²) in [5.74, 6) is 0.329. The van der Waals surface area contributed by atoms with Crippen LogP contribution in [0.3, 0.4) is 0 Å². The lowest BCUT2D eigenvalue weighted by Gasteiger charge is -2.33. The standard InChI is InChI=1S/C15H22FNO3/c1-18-7-5-14-11-17(6-8-20-14)10-12-3-4-13(19-2)9-15(12)16/h3-4,9,14H,5-8,10-11H2,1-2H3/t14-/m1/s1. The van der Waals surface area contributed by atoms with Crippen LogP contribution < -0.4 is 4.74 Å². The average Bonchev–Trinajstić information content (AvgIpc) is 2.47. The second kappa shape index (κ2) is 7.57. The van der Waals surface area contributed by atoms with E-state index in [0.717, 1.165) is 19.5 Å². The largest absolute Gasteiger partial charge is 0.497 e. The molecule has 0 aliphatic carbocycles. The fourth-order valence-electron chi connectivity index (χ4n) is 2.37. The quantitative estimate of drug-likeness (QED) is 0.800. The van der Waals surface area contributed by atoms with Crippen LogP contribution in [-0.4, -0.2) is 51.5 Å². The molecule has 1 aromatic rings. The Kier molecular flexibility index (Phi) is 5.76. The lowest BCUT2D eigenvalue weighted by atomic mass is 10.1. The van der Waals surface area contributed by atoms with E-state index >= 15 is 0 Å². The second-order valence-electron chi connectivity index (χ2n) is 4.97. The summed E-state index contributed by atoms with van der Waals surface area (Å²) < 4.78 is 29.7. The van der Waals surface area contributed by atoms with Crippen molar-refractivity contribution >= 4 is 0 Å². The normalized spacial score (nSPS) is 20.1. The number of ether oxygens (including phenoxy) is 3. The van der Waals surface area contributed by atoms with E-state index in [1.54, 1.807) is 19.2 Å². The van der Waals surface area contributed by atoms with Crippen molar-refractivity contribution in [1.82, 2.24) is 4.90 Å². The highest BCUT2D eigenvalue weighted by Crippen LogP contribution is 2.19. The number of benzene rings is 1. The summed E-state index contributed by atoms with van der Waals surface area (Å²) in [5.41, 5.74) is 0.693. The molecule has 1 aliphatic rings. The summed E-state index contributed by atoms with van der Waals surface area (Å²) >= 11 is 0. The summed E-state index contributed by atoms with van der Waals surface area (Å²) in [5, 5.41) is 0. The Morgan fingerprint density at radius 3 is 2.95 bits per heavy atom. The maximum absolute atomic E-state index is 13.9. The van der Waals surface area contributed by atoms with Crippen molar-refractivity contribution in [3.05, 3.63) is 29.6 Å². The van der Waals surface area contributed by atoms with Crippen molar-refractivity contribution in [3.63, 3.8) is 0 Å². The first-order valence-electron chi connectivity index (χ1n) is 6.88. The first-order chi connectivity index (χ1) is 9.72. The maximum atomic E-state index is 13.9. The highest BCUT2D eigenvalue weighted by Gasteiger charge is 2.21. The predicted molar refractivity (Wildman–Crippen MR) is 74.5 cm³/mol. The van der Waals surface area contributed by atoms with E-state index in [0.29, 0.717) is 31.1 Å². The third-order valence-corrected chi connectivity index (χ3v) is 3.52. The Bertz CT molecular complexity index is 428. The topological polar surface area (TPSA) is 30.9 Å². The molecular formula is C15H22FNO3. The first kappa shape index (κ1) is 15.2. The number of nitrogens with zero attached hydrogens (tertiary/aromatic N) is 1. The Morgan fingerprint density at radius 1 is 1.40 bits per heavy atom. The van der Waals surface area contributed by atoms with E-state index in [-0.39, 0.29) is 11.9 Å². The second-order valence-corrected chi connectivity index (χ2v) is 4.97. The van der Waals surface area contributed by atoms with Crippen LogP contribution in [0.1, 0.15) is 12.0 Å².